The number of carbonyl (C=O) groups excluding carboxylic acids is 2. The van der Waals surface area contributed by atoms with Crippen LogP contribution in [-0.4, -0.2) is 41.9 Å². The summed E-state index contributed by atoms with van der Waals surface area (Å²) in [7, 11) is 1.63. The first kappa shape index (κ1) is 20.0. The Kier molecular flexibility index (Phi) is 6.39. The Morgan fingerprint density at radius 1 is 1.21 bits per heavy atom. The van der Waals surface area contributed by atoms with Gasteiger partial charge in [-0.25, -0.2) is 0 Å². The Labute approximate surface area is 166 Å². The molecular weight excluding hydrogens is 354 g/mol. The first-order valence-electron chi connectivity index (χ1n) is 9.81. The molecule has 0 radical (unpaired) electrons. The summed E-state index contributed by atoms with van der Waals surface area (Å²) in [5, 5.41) is 2.99. The minimum absolute atomic E-state index is 0.0587. The highest BCUT2D eigenvalue weighted by molar-refractivity contribution is 5.94. The fourth-order valence-electron chi connectivity index (χ4n) is 3.77. The van der Waals surface area contributed by atoms with Gasteiger partial charge in [-0.2, -0.15) is 0 Å². The van der Waals surface area contributed by atoms with E-state index in [1.807, 2.05) is 49.1 Å². The smallest absolute Gasteiger partial charge is 0.270 e. The molecule has 6 nitrogen and oxygen atoms in total. The maximum absolute atomic E-state index is 12.7. The topological polar surface area (TPSA) is 74.4 Å². The average Bonchev–Trinajstić information content (AvgIpc) is 3.04. The molecule has 0 spiro atoms. The van der Waals surface area contributed by atoms with Crippen molar-refractivity contribution in [1.29, 1.82) is 0 Å². The zero-order valence-electron chi connectivity index (χ0n) is 16.9. The molecule has 1 aliphatic rings. The molecule has 0 unspecified atom stereocenters. The van der Waals surface area contributed by atoms with Crippen LogP contribution in [-0.2, 0) is 11.3 Å². The summed E-state index contributed by atoms with van der Waals surface area (Å²) in [6.07, 6.45) is 2.22. The van der Waals surface area contributed by atoms with Gasteiger partial charge in [-0.05, 0) is 61.9 Å². The summed E-state index contributed by atoms with van der Waals surface area (Å²) in [4.78, 5) is 30.0. The molecule has 0 aliphatic carbocycles. The number of ether oxygens (including phenoxy) is 1. The number of H-pyrrole nitrogens is 1. The number of nitrogens with one attached hydrogen (secondary N) is 2. The van der Waals surface area contributed by atoms with Crippen molar-refractivity contribution in [2.24, 2.45) is 5.92 Å². The van der Waals surface area contributed by atoms with Crippen molar-refractivity contribution in [3.8, 4) is 5.75 Å². The van der Waals surface area contributed by atoms with Crippen molar-refractivity contribution in [3.05, 3.63) is 52.8 Å². The number of piperidine rings is 1. The molecule has 1 fully saturated rings. The zero-order chi connectivity index (χ0) is 20.1. The van der Waals surface area contributed by atoms with Gasteiger partial charge in [-0.15, -0.1) is 0 Å². The van der Waals surface area contributed by atoms with Gasteiger partial charge < -0.3 is 19.9 Å². The van der Waals surface area contributed by atoms with Crippen LogP contribution in [0.3, 0.4) is 0 Å². The van der Waals surface area contributed by atoms with Crippen LogP contribution in [0.1, 0.15) is 46.6 Å². The number of methoxy groups -OCH3 is 1. The summed E-state index contributed by atoms with van der Waals surface area (Å²) in [6.45, 7) is 5.81. The molecule has 0 bridgehead atoms. The molecule has 0 atom stereocenters. The lowest BCUT2D eigenvalue weighted by atomic mass is 9.93. The van der Waals surface area contributed by atoms with E-state index >= 15 is 0 Å². The minimum Gasteiger partial charge on any atom is -0.497 e. The van der Waals surface area contributed by atoms with E-state index < -0.39 is 0 Å². The molecule has 1 aliphatic heterocycles. The molecule has 1 aromatic carbocycles. The highest BCUT2D eigenvalue weighted by Gasteiger charge is 2.26. The number of likely N-dealkylation sites (tertiary alicyclic amines) is 1. The molecular formula is C22H29N3O3. The Morgan fingerprint density at radius 2 is 1.96 bits per heavy atom. The fraction of sp³-hybridized carbons (Fsp3) is 0.455. The SMILES string of the molecule is COc1cccc(CNC(=O)CC2CCN(C(=O)c3[nH]c(C)cc3C)CC2)c1. The second-order valence-electron chi connectivity index (χ2n) is 7.58. The lowest BCUT2D eigenvalue weighted by Gasteiger charge is -2.31. The van der Waals surface area contributed by atoms with Crippen LogP contribution in [0.4, 0.5) is 0 Å². The van der Waals surface area contributed by atoms with E-state index in [0.717, 1.165) is 35.4 Å². The van der Waals surface area contributed by atoms with Gasteiger partial charge in [0.05, 0.1) is 7.11 Å². The number of nitrogens with zero attached hydrogens (tertiary/aromatic N) is 1. The Hall–Kier alpha value is -2.76. The lowest BCUT2D eigenvalue weighted by molar-refractivity contribution is -0.122. The summed E-state index contributed by atoms with van der Waals surface area (Å²) < 4.78 is 5.21. The standard InChI is InChI=1S/C22H29N3O3/c1-15-11-16(2)24-21(15)22(27)25-9-7-17(8-10-25)13-20(26)23-14-18-5-4-6-19(12-18)28-3/h4-6,11-12,17,24H,7-10,13-14H2,1-3H3,(H,23,26). The molecule has 3 rings (SSSR count). The van der Waals surface area contributed by atoms with E-state index in [1.165, 1.54) is 0 Å². The van der Waals surface area contributed by atoms with Gasteiger partial charge >= 0.3 is 0 Å². The van der Waals surface area contributed by atoms with Crippen LogP contribution in [0.2, 0.25) is 0 Å². The van der Waals surface area contributed by atoms with E-state index in [9.17, 15) is 9.59 Å². The van der Waals surface area contributed by atoms with E-state index in [2.05, 4.69) is 10.3 Å². The van der Waals surface area contributed by atoms with Gasteiger partial charge in [0, 0.05) is 31.7 Å². The van der Waals surface area contributed by atoms with Gasteiger partial charge in [0.1, 0.15) is 11.4 Å². The highest BCUT2D eigenvalue weighted by Crippen LogP contribution is 2.23. The van der Waals surface area contributed by atoms with Gasteiger partial charge in [0.25, 0.3) is 5.91 Å². The second kappa shape index (κ2) is 8.95. The van der Waals surface area contributed by atoms with Gasteiger partial charge in [-0.1, -0.05) is 12.1 Å². The molecule has 2 amide bonds. The predicted molar refractivity (Wildman–Crippen MR) is 108 cm³/mol. The third kappa shape index (κ3) is 4.94. The Balaban J connectivity index is 1.44. The average molecular weight is 383 g/mol. The lowest BCUT2D eigenvalue weighted by Crippen LogP contribution is -2.40. The molecule has 2 N–H and O–H groups in total. The number of hydrogen-bond donors (Lipinski definition) is 2. The summed E-state index contributed by atoms with van der Waals surface area (Å²) in [6, 6.07) is 9.69. The molecule has 6 heteroatoms. The van der Waals surface area contributed by atoms with E-state index in [1.54, 1.807) is 7.11 Å². The number of aromatic amines is 1. The summed E-state index contributed by atoms with van der Waals surface area (Å²) in [5.41, 5.74) is 3.70. The van der Waals surface area contributed by atoms with Crippen molar-refractivity contribution < 1.29 is 14.3 Å². The van der Waals surface area contributed by atoms with Gasteiger partial charge in [0.15, 0.2) is 0 Å². The van der Waals surface area contributed by atoms with Crippen molar-refractivity contribution in [1.82, 2.24) is 15.2 Å². The zero-order valence-corrected chi connectivity index (χ0v) is 16.9. The van der Waals surface area contributed by atoms with Crippen molar-refractivity contribution in [2.45, 2.75) is 39.7 Å². The number of aromatic nitrogens is 1. The van der Waals surface area contributed by atoms with Crippen LogP contribution in [0.25, 0.3) is 0 Å². The first-order valence-corrected chi connectivity index (χ1v) is 9.81. The van der Waals surface area contributed by atoms with Gasteiger partial charge in [0.2, 0.25) is 5.91 Å². The van der Waals surface area contributed by atoms with Crippen LogP contribution in [0, 0.1) is 19.8 Å². The molecule has 0 saturated carbocycles. The number of benzene rings is 1. The number of hydrogen-bond acceptors (Lipinski definition) is 3. The number of amides is 2. The highest BCUT2D eigenvalue weighted by atomic mass is 16.5. The summed E-state index contributed by atoms with van der Waals surface area (Å²) >= 11 is 0. The second-order valence-corrected chi connectivity index (χ2v) is 7.58. The van der Waals surface area contributed by atoms with Crippen LogP contribution < -0.4 is 10.1 Å². The maximum atomic E-state index is 12.7. The molecule has 1 aromatic heterocycles. The maximum Gasteiger partial charge on any atom is 0.270 e. The van der Waals surface area contributed by atoms with E-state index in [0.29, 0.717) is 37.7 Å². The third-order valence-corrected chi connectivity index (χ3v) is 5.36. The number of carbonyl (C=O) groups is 2. The summed E-state index contributed by atoms with van der Waals surface area (Å²) in [5.74, 6) is 1.23. The predicted octanol–water partition coefficient (Wildman–Crippen LogP) is 3.20. The van der Waals surface area contributed by atoms with Crippen molar-refractivity contribution in [2.75, 3.05) is 20.2 Å². The van der Waals surface area contributed by atoms with Gasteiger partial charge in [-0.3, -0.25) is 9.59 Å². The van der Waals surface area contributed by atoms with Crippen LogP contribution in [0.5, 0.6) is 5.75 Å². The fourth-order valence-corrected chi connectivity index (χ4v) is 3.77. The quantitative estimate of drug-likeness (QED) is 0.804. The van der Waals surface area contributed by atoms with E-state index in [-0.39, 0.29) is 11.8 Å². The monoisotopic (exact) mass is 383 g/mol. The normalized spacial score (nSPS) is 14.8. The molecule has 150 valence electrons. The van der Waals surface area contributed by atoms with Crippen molar-refractivity contribution in [3.63, 3.8) is 0 Å². The number of rotatable bonds is 6. The Bertz CT molecular complexity index is 835. The van der Waals surface area contributed by atoms with Crippen molar-refractivity contribution >= 4 is 11.8 Å². The molecule has 2 aromatic rings. The van der Waals surface area contributed by atoms with Crippen LogP contribution in [0.15, 0.2) is 30.3 Å². The Morgan fingerprint density at radius 3 is 2.61 bits per heavy atom. The minimum atomic E-state index is 0.0587. The third-order valence-electron chi connectivity index (χ3n) is 5.36. The van der Waals surface area contributed by atoms with Crippen LogP contribution >= 0.6 is 0 Å². The molecule has 28 heavy (non-hydrogen) atoms. The van der Waals surface area contributed by atoms with E-state index in [4.69, 9.17) is 4.74 Å². The first-order chi connectivity index (χ1) is 13.5. The largest absolute Gasteiger partial charge is 0.497 e. The molecule has 1 saturated heterocycles. The number of aryl methyl sites for hydroxylation is 2. The molecule has 2 heterocycles.